The fraction of sp³-hybridized carbons (Fsp3) is 0.115. The van der Waals surface area contributed by atoms with Gasteiger partial charge in [0.05, 0.1) is 17.0 Å². The van der Waals surface area contributed by atoms with Crippen LogP contribution in [-0.2, 0) is 6.61 Å². The number of nitriles is 1. The summed E-state index contributed by atoms with van der Waals surface area (Å²) < 4.78 is 17.4. The highest BCUT2D eigenvalue weighted by Crippen LogP contribution is 2.45. The quantitative estimate of drug-likeness (QED) is 0.399. The summed E-state index contributed by atoms with van der Waals surface area (Å²) in [5.41, 5.74) is 1.48. The van der Waals surface area contributed by atoms with E-state index in [9.17, 15) is 10.1 Å². The highest BCUT2D eigenvalue weighted by atomic mass is 35.5. The van der Waals surface area contributed by atoms with E-state index in [-0.39, 0.29) is 23.8 Å². The van der Waals surface area contributed by atoms with Crippen molar-refractivity contribution in [2.45, 2.75) is 12.5 Å². The smallest absolute Gasteiger partial charge is 0.343 e. The predicted molar refractivity (Wildman–Crippen MR) is 124 cm³/mol. The maximum atomic E-state index is 13.1. The van der Waals surface area contributed by atoms with Gasteiger partial charge in [-0.05, 0) is 35.9 Å². The third kappa shape index (κ3) is 3.73. The summed E-state index contributed by atoms with van der Waals surface area (Å²) in [5, 5.41) is 19.5. The van der Waals surface area contributed by atoms with Crippen molar-refractivity contribution in [3.05, 3.63) is 105 Å². The normalized spacial score (nSPS) is 17.2. The maximum absolute atomic E-state index is 13.1. The minimum absolute atomic E-state index is 0.207. The Morgan fingerprint density at radius 2 is 1.76 bits per heavy atom. The molecular formula is C26H17ClN2O4. The second-order valence-corrected chi connectivity index (χ2v) is 8.07. The first-order valence-corrected chi connectivity index (χ1v) is 10.6. The summed E-state index contributed by atoms with van der Waals surface area (Å²) in [6.07, 6.45) is 0. The van der Waals surface area contributed by atoms with Crippen LogP contribution in [0, 0.1) is 22.7 Å². The Morgan fingerprint density at radius 1 is 1.03 bits per heavy atom. The van der Waals surface area contributed by atoms with Gasteiger partial charge < -0.3 is 13.9 Å². The van der Waals surface area contributed by atoms with Crippen molar-refractivity contribution in [3.63, 3.8) is 0 Å². The average Bonchev–Trinajstić information content (AvgIpc) is 2.83. The third-order valence-electron chi connectivity index (χ3n) is 5.64. The van der Waals surface area contributed by atoms with Crippen LogP contribution >= 0.6 is 11.6 Å². The number of rotatable bonds is 4. The van der Waals surface area contributed by atoms with Crippen molar-refractivity contribution >= 4 is 28.5 Å². The molecule has 1 N–H and O–H groups in total. The average molecular weight is 457 g/mol. The second kappa shape index (κ2) is 8.45. The zero-order chi connectivity index (χ0) is 22.9. The molecule has 1 aliphatic heterocycles. The van der Waals surface area contributed by atoms with E-state index in [1.165, 1.54) is 0 Å². The Bertz CT molecular complexity index is 1470. The number of nitrogens with one attached hydrogen (secondary N) is 1. The molecule has 2 atom stereocenters. The van der Waals surface area contributed by atoms with Gasteiger partial charge in [0.25, 0.3) is 0 Å². The third-order valence-corrected chi connectivity index (χ3v) is 5.89. The molecule has 1 aliphatic rings. The topological polar surface area (TPSA) is 96.3 Å². The van der Waals surface area contributed by atoms with Gasteiger partial charge >= 0.3 is 5.63 Å². The largest absolute Gasteiger partial charge is 0.489 e. The number of hydrogen-bond donors (Lipinski definition) is 1. The van der Waals surface area contributed by atoms with Crippen LogP contribution in [0.15, 0.2) is 82.0 Å². The Hall–Kier alpha value is -4.08. The lowest BCUT2D eigenvalue weighted by atomic mass is 9.79. The monoisotopic (exact) mass is 456 g/mol. The second-order valence-electron chi connectivity index (χ2n) is 7.63. The van der Waals surface area contributed by atoms with E-state index in [1.54, 1.807) is 54.6 Å². The van der Waals surface area contributed by atoms with Gasteiger partial charge in [0.15, 0.2) is 5.75 Å². The summed E-state index contributed by atoms with van der Waals surface area (Å²) in [6, 6.07) is 23.6. The molecule has 2 heterocycles. The highest BCUT2D eigenvalue weighted by Gasteiger charge is 2.41. The molecule has 0 aliphatic carbocycles. The number of para-hydroxylation sites is 2. The Balaban J connectivity index is 1.64. The minimum atomic E-state index is -1.01. The number of hydrogen-bond acceptors (Lipinski definition) is 6. The maximum Gasteiger partial charge on any atom is 0.343 e. The van der Waals surface area contributed by atoms with Crippen molar-refractivity contribution in [1.29, 1.82) is 10.7 Å². The number of nitrogens with zero attached hydrogens (tertiary/aromatic N) is 1. The standard InChI is InChI=1S/C26H17ClN2O4/c27-16-11-9-15(10-12-16)14-31-20-7-3-1-5-17(20)22-19(13-28)25(29)33-24-18-6-2-4-8-21(18)32-26(30)23(22)24/h1-12,19,22,29H,14H2. The minimum Gasteiger partial charge on any atom is -0.489 e. The van der Waals surface area contributed by atoms with Gasteiger partial charge in [0, 0.05) is 16.5 Å². The first-order valence-electron chi connectivity index (χ1n) is 10.2. The Labute approximate surface area is 194 Å². The molecule has 33 heavy (non-hydrogen) atoms. The van der Waals surface area contributed by atoms with Gasteiger partial charge in [-0.3, -0.25) is 5.41 Å². The summed E-state index contributed by atoms with van der Waals surface area (Å²) in [6.45, 7) is 0.269. The predicted octanol–water partition coefficient (Wildman–Crippen LogP) is 5.67. The van der Waals surface area contributed by atoms with Crippen molar-refractivity contribution in [2.75, 3.05) is 0 Å². The molecule has 0 saturated carbocycles. The van der Waals surface area contributed by atoms with Crippen LogP contribution in [0.3, 0.4) is 0 Å². The zero-order valence-electron chi connectivity index (χ0n) is 17.2. The molecule has 162 valence electrons. The summed E-state index contributed by atoms with van der Waals surface area (Å²) in [5.74, 6) is -1.27. The highest BCUT2D eigenvalue weighted by molar-refractivity contribution is 6.30. The van der Waals surface area contributed by atoms with Crippen molar-refractivity contribution in [3.8, 4) is 17.6 Å². The fourth-order valence-corrected chi connectivity index (χ4v) is 4.21. The van der Waals surface area contributed by atoms with Gasteiger partial charge in [0.1, 0.15) is 23.9 Å². The van der Waals surface area contributed by atoms with Crippen molar-refractivity contribution in [1.82, 2.24) is 0 Å². The molecule has 0 fully saturated rings. The molecule has 4 aromatic rings. The van der Waals surface area contributed by atoms with E-state index in [2.05, 4.69) is 6.07 Å². The molecule has 0 radical (unpaired) electrons. The number of benzene rings is 3. The summed E-state index contributed by atoms with van der Waals surface area (Å²) in [7, 11) is 0. The number of fused-ring (bicyclic) bond motifs is 3. The van der Waals surface area contributed by atoms with Gasteiger partial charge in [-0.15, -0.1) is 0 Å². The van der Waals surface area contributed by atoms with Gasteiger partial charge in [-0.25, -0.2) is 4.79 Å². The van der Waals surface area contributed by atoms with E-state index >= 15 is 0 Å². The van der Waals surface area contributed by atoms with E-state index in [1.807, 2.05) is 18.2 Å². The van der Waals surface area contributed by atoms with Crippen LogP contribution in [0.2, 0.25) is 5.02 Å². The lowest BCUT2D eigenvalue weighted by Gasteiger charge is -2.30. The molecular weight excluding hydrogens is 440 g/mol. The van der Waals surface area contributed by atoms with Crippen LogP contribution in [0.5, 0.6) is 11.5 Å². The Morgan fingerprint density at radius 3 is 2.55 bits per heavy atom. The molecule has 0 bridgehead atoms. The molecule has 0 amide bonds. The van der Waals surface area contributed by atoms with Crippen LogP contribution in [0.4, 0.5) is 0 Å². The molecule has 6 nitrogen and oxygen atoms in total. The van der Waals surface area contributed by atoms with E-state index in [4.69, 9.17) is 30.9 Å². The molecule has 1 aromatic heterocycles. The lowest BCUT2D eigenvalue weighted by molar-refractivity contribution is 0.299. The number of halogens is 1. The zero-order valence-corrected chi connectivity index (χ0v) is 18.0. The van der Waals surface area contributed by atoms with Crippen LogP contribution in [0.25, 0.3) is 11.0 Å². The fourth-order valence-electron chi connectivity index (χ4n) is 4.08. The molecule has 3 aromatic carbocycles. The van der Waals surface area contributed by atoms with Crippen LogP contribution in [-0.4, -0.2) is 5.90 Å². The van der Waals surface area contributed by atoms with Crippen molar-refractivity contribution in [2.24, 2.45) is 5.92 Å². The number of ether oxygens (including phenoxy) is 2. The molecule has 2 unspecified atom stereocenters. The van der Waals surface area contributed by atoms with Crippen molar-refractivity contribution < 1.29 is 13.9 Å². The summed E-state index contributed by atoms with van der Waals surface area (Å²) >= 11 is 5.96. The first kappa shape index (κ1) is 20.8. The van der Waals surface area contributed by atoms with Gasteiger partial charge in [0.2, 0.25) is 5.90 Å². The Kier molecular flexibility index (Phi) is 5.33. The van der Waals surface area contributed by atoms with Gasteiger partial charge in [-0.1, -0.05) is 54.1 Å². The molecule has 0 saturated heterocycles. The SMILES string of the molecule is N#CC1C(=N)Oc2c(c(=O)oc3ccccc23)C1c1ccccc1OCc1ccc(Cl)cc1. The summed E-state index contributed by atoms with van der Waals surface area (Å²) in [4.78, 5) is 13.1. The van der Waals surface area contributed by atoms with Crippen LogP contribution < -0.4 is 15.1 Å². The van der Waals surface area contributed by atoms with Crippen LogP contribution in [0.1, 0.15) is 22.6 Å². The van der Waals surface area contributed by atoms with E-state index in [0.717, 1.165) is 5.56 Å². The molecule has 0 spiro atoms. The van der Waals surface area contributed by atoms with Gasteiger partial charge in [-0.2, -0.15) is 5.26 Å². The molecule has 5 rings (SSSR count). The van der Waals surface area contributed by atoms with E-state index in [0.29, 0.717) is 27.3 Å². The molecule has 7 heteroatoms. The van der Waals surface area contributed by atoms with E-state index < -0.39 is 17.5 Å². The lowest BCUT2D eigenvalue weighted by Crippen LogP contribution is -2.34. The first-order chi connectivity index (χ1) is 16.1.